The first kappa shape index (κ1) is 17.8. The minimum absolute atomic E-state index is 0.105. The standard InChI is InChI=1S/C18H23NO5/c1-11(2)7-8-19-16(20)10-23-18(21)17-12(3)14-9-13(22-4)5-6-15(14)24-17/h5-6,9,11H,7-8,10H2,1-4H3,(H,19,20). The summed E-state index contributed by atoms with van der Waals surface area (Å²) in [5.74, 6) is 0.313. The molecular weight excluding hydrogens is 310 g/mol. The molecule has 1 aromatic carbocycles. The minimum Gasteiger partial charge on any atom is -0.497 e. The van der Waals surface area contributed by atoms with E-state index in [1.807, 2.05) is 0 Å². The highest BCUT2D eigenvalue weighted by Crippen LogP contribution is 2.29. The van der Waals surface area contributed by atoms with Crippen LogP contribution in [0.25, 0.3) is 11.0 Å². The first-order valence-corrected chi connectivity index (χ1v) is 7.93. The van der Waals surface area contributed by atoms with Crippen LogP contribution >= 0.6 is 0 Å². The fraction of sp³-hybridized carbons (Fsp3) is 0.444. The number of rotatable bonds is 7. The van der Waals surface area contributed by atoms with Crippen LogP contribution in [-0.4, -0.2) is 32.1 Å². The zero-order valence-electron chi connectivity index (χ0n) is 14.5. The van der Waals surface area contributed by atoms with Crippen molar-refractivity contribution in [1.29, 1.82) is 0 Å². The van der Waals surface area contributed by atoms with Crippen LogP contribution in [0.15, 0.2) is 22.6 Å². The van der Waals surface area contributed by atoms with Crippen LogP contribution in [-0.2, 0) is 9.53 Å². The highest BCUT2D eigenvalue weighted by molar-refractivity contribution is 5.97. The summed E-state index contributed by atoms with van der Waals surface area (Å²) in [6.07, 6.45) is 0.879. The number of hydrogen-bond donors (Lipinski definition) is 1. The van der Waals surface area contributed by atoms with Crippen LogP contribution in [0.5, 0.6) is 5.75 Å². The van der Waals surface area contributed by atoms with Gasteiger partial charge in [0, 0.05) is 17.5 Å². The predicted octanol–water partition coefficient (Wildman–Crippen LogP) is 3.07. The number of furan rings is 1. The Morgan fingerprint density at radius 3 is 2.71 bits per heavy atom. The average Bonchev–Trinajstić information content (AvgIpc) is 2.88. The summed E-state index contributed by atoms with van der Waals surface area (Å²) in [5.41, 5.74) is 1.23. The molecule has 0 radical (unpaired) electrons. The molecule has 0 saturated carbocycles. The number of fused-ring (bicyclic) bond motifs is 1. The lowest BCUT2D eigenvalue weighted by atomic mass is 10.1. The number of esters is 1. The second-order valence-corrected chi connectivity index (χ2v) is 6.03. The van der Waals surface area contributed by atoms with Crippen molar-refractivity contribution < 1.29 is 23.5 Å². The van der Waals surface area contributed by atoms with E-state index in [2.05, 4.69) is 19.2 Å². The maximum Gasteiger partial charge on any atom is 0.375 e. The Morgan fingerprint density at radius 2 is 2.04 bits per heavy atom. The summed E-state index contributed by atoms with van der Waals surface area (Å²) in [6, 6.07) is 5.28. The zero-order chi connectivity index (χ0) is 17.7. The molecule has 0 fully saturated rings. The lowest BCUT2D eigenvalue weighted by Gasteiger charge is -2.07. The molecule has 1 aromatic heterocycles. The van der Waals surface area contributed by atoms with E-state index < -0.39 is 5.97 Å². The van der Waals surface area contributed by atoms with Gasteiger partial charge in [0.15, 0.2) is 6.61 Å². The van der Waals surface area contributed by atoms with Gasteiger partial charge in [-0.05, 0) is 37.5 Å². The van der Waals surface area contributed by atoms with Crippen molar-refractivity contribution in [3.05, 3.63) is 29.5 Å². The van der Waals surface area contributed by atoms with E-state index in [9.17, 15) is 9.59 Å². The van der Waals surface area contributed by atoms with E-state index in [4.69, 9.17) is 13.9 Å². The monoisotopic (exact) mass is 333 g/mol. The minimum atomic E-state index is -0.651. The van der Waals surface area contributed by atoms with Gasteiger partial charge in [-0.25, -0.2) is 4.79 Å². The first-order valence-electron chi connectivity index (χ1n) is 7.93. The van der Waals surface area contributed by atoms with Gasteiger partial charge in [0.2, 0.25) is 5.76 Å². The third kappa shape index (κ3) is 4.28. The number of aryl methyl sites for hydroxylation is 1. The fourth-order valence-corrected chi connectivity index (χ4v) is 2.27. The molecule has 0 atom stereocenters. The molecule has 6 nitrogen and oxygen atoms in total. The van der Waals surface area contributed by atoms with E-state index in [-0.39, 0.29) is 18.3 Å². The van der Waals surface area contributed by atoms with Crippen LogP contribution in [0.1, 0.15) is 36.4 Å². The molecule has 2 aromatic rings. The van der Waals surface area contributed by atoms with E-state index in [0.29, 0.717) is 29.4 Å². The van der Waals surface area contributed by atoms with Crippen molar-refractivity contribution in [2.45, 2.75) is 27.2 Å². The third-order valence-corrected chi connectivity index (χ3v) is 3.71. The van der Waals surface area contributed by atoms with Crippen LogP contribution in [0.4, 0.5) is 0 Å². The summed E-state index contributed by atoms with van der Waals surface area (Å²) >= 11 is 0. The summed E-state index contributed by atoms with van der Waals surface area (Å²) in [5, 5.41) is 3.49. The summed E-state index contributed by atoms with van der Waals surface area (Å²) in [4.78, 5) is 23.8. The molecule has 1 amide bonds. The molecule has 0 aliphatic rings. The number of carbonyl (C=O) groups excluding carboxylic acids is 2. The van der Waals surface area contributed by atoms with E-state index in [1.165, 1.54) is 0 Å². The second kappa shape index (κ2) is 7.86. The van der Waals surface area contributed by atoms with Crippen molar-refractivity contribution >= 4 is 22.8 Å². The van der Waals surface area contributed by atoms with Gasteiger partial charge >= 0.3 is 5.97 Å². The molecule has 6 heteroatoms. The Kier molecular flexibility index (Phi) is 5.84. The number of nitrogens with one attached hydrogen (secondary N) is 1. The van der Waals surface area contributed by atoms with E-state index in [1.54, 1.807) is 32.2 Å². The molecule has 0 aliphatic carbocycles. The smallest absolute Gasteiger partial charge is 0.375 e. The largest absolute Gasteiger partial charge is 0.497 e. The molecule has 0 bridgehead atoms. The molecule has 130 valence electrons. The van der Waals surface area contributed by atoms with Gasteiger partial charge in [-0.2, -0.15) is 0 Å². The third-order valence-electron chi connectivity index (χ3n) is 3.71. The molecule has 1 N–H and O–H groups in total. The lowest BCUT2D eigenvalue weighted by molar-refractivity contribution is -0.124. The quantitative estimate of drug-likeness (QED) is 0.788. The van der Waals surface area contributed by atoms with E-state index >= 15 is 0 Å². The highest BCUT2D eigenvalue weighted by atomic mass is 16.5. The van der Waals surface area contributed by atoms with Crippen LogP contribution < -0.4 is 10.1 Å². The van der Waals surface area contributed by atoms with Gasteiger partial charge < -0.3 is 19.2 Å². The average molecular weight is 333 g/mol. The topological polar surface area (TPSA) is 77.8 Å². The summed E-state index contributed by atoms with van der Waals surface area (Å²) < 4.78 is 15.8. The molecule has 0 saturated heterocycles. The Balaban J connectivity index is 1.98. The van der Waals surface area contributed by atoms with Gasteiger partial charge in [0.05, 0.1) is 7.11 Å². The van der Waals surface area contributed by atoms with Gasteiger partial charge in [0.25, 0.3) is 5.91 Å². The summed E-state index contributed by atoms with van der Waals surface area (Å²) in [6.45, 7) is 6.16. The first-order chi connectivity index (χ1) is 11.4. The number of amides is 1. The number of carbonyl (C=O) groups is 2. The maximum absolute atomic E-state index is 12.1. The van der Waals surface area contributed by atoms with Crippen LogP contribution in [0, 0.1) is 12.8 Å². The zero-order valence-corrected chi connectivity index (χ0v) is 14.5. The van der Waals surface area contributed by atoms with Gasteiger partial charge in [-0.3, -0.25) is 4.79 Å². The van der Waals surface area contributed by atoms with Gasteiger partial charge in [0.1, 0.15) is 11.3 Å². The molecule has 0 unspecified atom stereocenters. The van der Waals surface area contributed by atoms with Crippen molar-refractivity contribution in [3.63, 3.8) is 0 Å². The molecule has 24 heavy (non-hydrogen) atoms. The van der Waals surface area contributed by atoms with Crippen molar-refractivity contribution in [3.8, 4) is 5.75 Å². The Hall–Kier alpha value is -2.50. The molecule has 0 aliphatic heterocycles. The fourth-order valence-electron chi connectivity index (χ4n) is 2.27. The van der Waals surface area contributed by atoms with Gasteiger partial charge in [-0.15, -0.1) is 0 Å². The van der Waals surface area contributed by atoms with Crippen LogP contribution in [0.3, 0.4) is 0 Å². The van der Waals surface area contributed by atoms with E-state index in [0.717, 1.165) is 11.8 Å². The van der Waals surface area contributed by atoms with Crippen LogP contribution in [0.2, 0.25) is 0 Å². The Bertz CT molecular complexity index is 732. The Labute approximate surface area is 141 Å². The molecular formula is C18H23NO5. The van der Waals surface area contributed by atoms with Crippen molar-refractivity contribution in [1.82, 2.24) is 5.32 Å². The normalized spacial score (nSPS) is 10.9. The number of benzene rings is 1. The number of methoxy groups -OCH3 is 1. The molecule has 1 heterocycles. The lowest BCUT2D eigenvalue weighted by Crippen LogP contribution is -2.30. The highest BCUT2D eigenvalue weighted by Gasteiger charge is 2.20. The number of ether oxygens (including phenoxy) is 2. The predicted molar refractivity (Wildman–Crippen MR) is 90.3 cm³/mol. The molecule has 0 spiro atoms. The Morgan fingerprint density at radius 1 is 1.29 bits per heavy atom. The van der Waals surface area contributed by atoms with Crippen molar-refractivity contribution in [2.24, 2.45) is 5.92 Å². The van der Waals surface area contributed by atoms with Crippen molar-refractivity contribution in [2.75, 3.05) is 20.3 Å². The van der Waals surface area contributed by atoms with Gasteiger partial charge in [-0.1, -0.05) is 13.8 Å². The number of hydrogen-bond acceptors (Lipinski definition) is 5. The summed E-state index contributed by atoms with van der Waals surface area (Å²) in [7, 11) is 1.57. The molecule has 2 rings (SSSR count). The SMILES string of the molecule is COc1ccc2oc(C(=O)OCC(=O)NCCC(C)C)c(C)c2c1. The maximum atomic E-state index is 12.1. The second-order valence-electron chi connectivity index (χ2n) is 6.03.